The van der Waals surface area contributed by atoms with Gasteiger partial charge in [0.1, 0.15) is 66.5 Å². The molecule has 88 heavy (non-hydrogen) atoms. The second-order valence-corrected chi connectivity index (χ2v) is 26.4. The summed E-state index contributed by atoms with van der Waals surface area (Å²) in [5.74, 6) is -10.5. The molecule has 0 saturated carbocycles. The number of likely N-dealkylation sites (N-methyl/N-ethyl adjacent to an activating group) is 7. The number of ether oxygens (including phenoxy) is 1. The van der Waals surface area contributed by atoms with Crippen LogP contribution in [0.5, 0.6) is 0 Å². The summed E-state index contributed by atoms with van der Waals surface area (Å²) in [7, 11) is 11.4. The number of carbonyl (C=O) groups excluding carboxylic acids is 11. The maximum atomic E-state index is 15.2. The third-order valence-electron chi connectivity index (χ3n) is 17.0. The zero-order chi connectivity index (χ0) is 68.3. The van der Waals surface area contributed by atoms with Gasteiger partial charge in [-0.1, -0.05) is 109 Å². The summed E-state index contributed by atoms with van der Waals surface area (Å²) in [5.41, 5.74) is 0. The zero-order valence-corrected chi connectivity index (χ0v) is 58.1. The van der Waals surface area contributed by atoms with Crippen molar-refractivity contribution in [3.05, 3.63) is 12.2 Å². The molecule has 0 aliphatic carbocycles. The first-order valence-electron chi connectivity index (χ1n) is 31.6. The van der Waals surface area contributed by atoms with Gasteiger partial charge in [0.2, 0.25) is 65.0 Å². The van der Waals surface area contributed by atoms with Crippen molar-refractivity contribution < 1.29 is 62.6 Å². The van der Waals surface area contributed by atoms with Crippen LogP contribution in [-0.4, -0.2) is 240 Å². The van der Waals surface area contributed by atoms with E-state index in [1.165, 1.54) is 99.7 Å². The van der Waals surface area contributed by atoms with E-state index in [0.29, 0.717) is 6.42 Å². The molecule has 1 unspecified atom stereocenters. The Balaban J connectivity index is 4.45. The van der Waals surface area contributed by atoms with Crippen LogP contribution in [-0.2, 0) is 57.5 Å². The van der Waals surface area contributed by atoms with E-state index in [1.807, 2.05) is 41.5 Å². The molecule has 0 aromatic rings. The van der Waals surface area contributed by atoms with Gasteiger partial charge in [-0.3, -0.25) is 52.7 Å². The summed E-state index contributed by atoms with van der Waals surface area (Å²) in [5, 5.41) is 23.2. The van der Waals surface area contributed by atoms with Gasteiger partial charge in [-0.2, -0.15) is 0 Å². The van der Waals surface area contributed by atoms with Gasteiger partial charge < -0.3 is 65.4 Å². The molecule has 11 amide bonds. The Kier molecular flexibility index (Phi) is 33.1. The number of hydrogen-bond donors (Lipinski definition) is 5. The quantitative estimate of drug-likeness (QED) is 0.131. The molecule has 504 valence electrons. The van der Waals surface area contributed by atoms with Crippen LogP contribution in [0.2, 0.25) is 0 Å². The Morgan fingerprint density at radius 3 is 1.33 bits per heavy atom. The Morgan fingerprint density at radius 2 is 0.875 bits per heavy atom. The lowest BCUT2D eigenvalue weighted by Gasteiger charge is -2.41. The minimum atomic E-state index is -1.63. The molecule has 24 heteroatoms. The average Bonchev–Trinajstić information content (AvgIpc) is 3.25. The largest absolute Gasteiger partial charge is 0.390 e. The zero-order valence-electron chi connectivity index (χ0n) is 58.1. The van der Waals surface area contributed by atoms with Gasteiger partial charge in [0.25, 0.3) is 0 Å². The first-order valence-corrected chi connectivity index (χ1v) is 31.6. The number of aliphatic hydroxyl groups excluding tert-OH is 1. The third-order valence-corrected chi connectivity index (χ3v) is 17.0. The van der Waals surface area contributed by atoms with Crippen molar-refractivity contribution in [2.45, 2.75) is 229 Å². The molecule has 1 saturated heterocycles. The number of hydrogen-bond acceptors (Lipinski definition) is 13. The summed E-state index contributed by atoms with van der Waals surface area (Å²) in [6.07, 6.45) is 2.86. The van der Waals surface area contributed by atoms with Gasteiger partial charge in [0, 0.05) is 62.4 Å². The number of aliphatic hydroxyl groups is 1. The van der Waals surface area contributed by atoms with Gasteiger partial charge in [-0.05, 0) is 94.8 Å². The molecule has 5 N–H and O–H groups in total. The molecule has 1 rings (SSSR count). The third kappa shape index (κ3) is 21.2. The summed E-state index contributed by atoms with van der Waals surface area (Å²) in [6, 6.07) is -13.9. The average molecular weight is 1250 g/mol. The van der Waals surface area contributed by atoms with E-state index in [1.54, 1.807) is 74.5 Å². The summed E-state index contributed by atoms with van der Waals surface area (Å²) < 4.78 is 5.48. The Hall–Kier alpha value is -6.17. The van der Waals surface area contributed by atoms with Crippen LogP contribution in [0.1, 0.15) is 156 Å². The van der Waals surface area contributed by atoms with Crippen LogP contribution in [0.4, 0.5) is 0 Å². The minimum Gasteiger partial charge on any atom is -0.390 e. The van der Waals surface area contributed by atoms with Crippen LogP contribution in [0.25, 0.3) is 0 Å². The molecule has 1 heterocycles. The first-order chi connectivity index (χ1) is 40.7. The summed E-state index contributed by atoms with van der Waals surface area (Å²) in [4.78, 5) is 171. The SMILES string of the molecule is C/C=C/C[C@@H](C)[C@@H](O)C1C(=O)N[C@@H](CC)C(=O)N(C)[C@H](CC)C(=O)N(C)[C@@H]([C@H](C)COC)C(=O)N[C@@H](C(C)C)C(=O)N(C)[C@@H](CC(C)C)C(=O)N[C@@H](C)C(=O)N[C@H](C)C(=O)N(C)[C@@H](CC(C)C)C(=O)N(C)[C@@H](CC(C)C)C(=O)N(C)[C@@H](C(C)C)C(=O)N1C. The van der Waals surface area contributed by atoms with E-state index < -0.39 is 161 Å². The van der Waals surface area contributed by atoms with E-state index in [0.717, 1.165) is 4.90 Å². The van der Waals surface area contributed by atoms with Crippen molar-refractivity contribution in [3.8, 4) is 0 Å². The van der Waals surface area contributed by atoms with Crippen LogP contribution >= 0.6 is 0 Å². The number of carbonyl (C=O) groups is 11. The summed E-state index contributed by atoms with van der Waals surface area (Å²) in [6.45, 7) is 29.5. The van der Waals surface area contributed by atoms with Crippen molar-refractivity contribution in [1.29, 1.82) is 0 Å². The molecule has 1 aliphatic rings. The maximum absolute atomic E-state index is 15.2. The molecule has 14 atom stereocenters. The van der Waals surface area contributed by atoms with Crippen LogP contribution in [0.15, 0.2) is 12.2 Å². The molecular weight excluding hydrogens is 1130 g/mol. The molecule has 0 bridgehead atoms. The minimum absolute atomic E-state index is 0.00299. The first kappa shape index (κ1) is 79.8. The smallest absolute Gasteiger partial charge is 0.246 e. The van der Waals surface area contributed by atoms with Gasteiger partial charge in [0.05, 0.1) is 12.7 Å². The molecule has 24 nitrogen and oxygen atoms in total. The van der Waals surface area contributed by atoms with E-state index in [9.17, 15) is 48.3 Å². The lowest BCUT2D eigenvalue weighted by molar-refractivity contribution is -0.157. The topological polar surface area (TPSA) is 288 Å². The van der Waals surface area contributed by atoms with Crippen molar-refractivity contribution in [3.63, 3.8) is 0 Å². The van der Waals surface area contributed by atoms with Gasteiger partial charge >= 0.3 is 0 Å². The number of allylic oxidation sites excluding steroid dienone is 2. The fourth-order valence-electron chi connectivity index (χ4n) is 11.5. The fourth-order valence-corrected chi connectivity index (χ4v) is 11.5. The van der Waals surface area contributed by atoms with Gasteiger partial charge in [0.15, 0.2) is 0 Å². The molecule has 0 radical (unpaired) electrons. The highest BCUT2D eigenvalue weighted by molar-refractivity contribution is 6.00. The summed E-state index contributed by atoms with van der Waals surface area (Å²) >= 11 is 0. The molecule has 0 aromatic heterocycles. The van der Waals surface area contributed by atoms with Gasteiger partial charge in [-0.15, -0.1) is 0 Å². The highest BCUT2D eigenvalue weighted by atomic mass is 16.5. The molecule has 1 aliphatic heterocycles. The highest BCUT2D eigenvalue weighted by Gasteiger charge is 2.46. The number of nitrogens with zero attached hydrogens (tertiary/aromatic N) is 7. The predicted octanol–water partition coefficient (Wildman–Crippen LogP) is 3.28. The number of nitrogens with one attached hydrogen (secondary N) is 4. The predicted molar refractivity (Wildman–Crippen MR) is 339 cm³/mol. The lowest BCUT2D eigenvalue weighted by Crippen LogP contribution is -2.64. The van der Waals surface area contributed by atoms with E-state index in [4.69, 9.17) is 4.74 Å². The monoisotopic (exact) mass is 1250 g/mol. The Bertz CT molecular complexity index is 2400. The Labute approximate surface area is 526 Å². The Morgan fingerprint density at radius 1 is 0.455 bits per heavy atom. The van der Waals surface area contributed by atoms with Crippen LogP contribution in [0, 0.1) is 41.4 Å². The number of amides is 11. The second-order valence-electron chi connectivity index (χ2n) is 26.4. The standard InChI is InChI=1S/C64H115N11O13/c1-26-29-30-40(14)53(76)52-57(80)67-44(27-2)59(82)69(18)45(28-3)60(83)74(23)51(41(15)34-88-25)56(79)68-49(38(10)11)63(86)70(19)46(31-35(4)5)55(78)65-42(16)54(77)66-43(17)58(81)71(20)47(32-36(6)7)61(84)72(21)48(33-37(8)9)62(85)73(22)50(39(12)13)64(87)75(52)24/h26,29,35-53,76H,27-28,30-34H2,1-25H3,(H,65,78)(H,66,77)(H,67,80)(H,68,79)/b29-26+/t40-,41-,42+,43-,44+,45-,46+,47+,48+,49+,50+,51+,52?,53-/m1/s1. The lowest BCUT2D eigenvalue weighted by atomic mass is 9.91. The number of rotatable bonds is 17. The normalized spacial score (nSPS) is 27.6. The number of methoxy groups -OCH3 is 1. The van der Waals surface area contributed by atoms with Crippen molar-refractivity contribution in [2.24, 2.45) is 41.4 Å². The van der Waals surface area contributed by atoms with Crippen LogP contribution < -0.4 is 21.3 Å². The molecule has 0 spiro atoms. The van der Waals surface area contributed by atoms with E-state index in [2.05, 4.69) is 21.3 Å². The second kappa shape index (κ2) is 36.5. The van der Waals surface area contributed by atoms with Crippen molar-refractivity contribution in [1.82, 2.24) is 55.6 Å². The highest BCUT2D eigenvalue weighted by Crippen LogP contribution is 2.26. The molecule has 1 fully saturated rings. The van der Waals surface area contributed by atoms with E-state index in [-0.39, 0.29) is 56.5 Å². The van der Waals surface area contributed by atoms with Crippen LogP contribution in [0.3, 0.4) is 0 Å². The molecule has 0 aromatic carbocycles. The van der Waals surface area contributed by atoms with Crippen molar-refractivity contribution in [2.75, 3.05) is 63.1 Å². The van der Waals surface area contributed by atoms with E-state index >= 15 is 9.59 Å². The van der Waals surface area contributed by atoms with Crippen molar-refractivity contribution >= 4 is 65.0 Å². The van der Waals surface area contributed by atoms with Gasteiger partial charge in [-0.25, -0.2) is 0 Å². The molecular formula is C64H115N11O13. The maximum Gasteiger partial charge on any atom is 0.246 e. The fraction of sp³-hybridized carbons (Fsp3) is 0.797.